The second-order valence-electron chi connectivity index (χ2n) is 3.95. The molecule has 19 heavy (non-hydrogen) atoms. The SMILES string of the molecule is C#CCCCn1nc(C(=O)O)c2c(C)onc2c1=O. The third kappa shape index (κ3) is 2.20. The molecule has 0 aromatic carbocycles. The second-order valence-corrected chi connectivity index (χ2v) is 3.95. The van der Waals surface area contributed by atoms with Gasteiger partial charge >= 0.3 is 5.97 Å². The molecular weight excluding hydrogens is 250 g/mol. The van der Waals surface area contributed by atoms with E-state index in [1.807, 2.05) is 0 Å². The summed E-state index contributed by atoms with van der Waals surface area (Å²) >= 11 is 0. The van der Waals surface area contributed by atoms with Gasteiger partial charge in [0, 0.05) is 13.0 Å². The average Bonchev–Trinajstić information content (AvgIpc) is 2.75. The maximum Gasteiger partial charge on any atom is 0.357 e. The zero-order valence-corrected chi connectivity index (χ0v) is 10.2. The van der Waals surface area contributed by atoms with E-state index in [2.05, 4.69) is 16.2 Å². The number of terminal acetylenes is 1. The molecule has 0 saturated heterocycles. The lowest BCUT2D eigenvalue weighted by molar-refractivity contribution is 0.0689. The Bertz CT molecular complexity index is 736. The Hall–Kier alpha value is -2.62. The highest BCUT2D eigenvalue weighted by atomic mass is 16.5. The first-order valence-corrected chi connectivity index (χ1v) is 5.60. The van der Waals surface area contributed by atoms with Crippen molar-refractivity contribution < 1.29 is 14.4 Å². The van der Waals surface area contributed by atoms with Gasteiger partial charge in [-0.05, 0) is 13.3 Å². The van der Waals surface area contributed by atoms with Crippen LogP contribution >= 0.6 is 0 Å². The van der Waals surface area contributed by atoms with Gasteiger partial charge in [0.25, 0.3) is 5.56 Å². The van der Waals surface area contributed by atoms with Gasteiger partial charge in [0.1, 0.15) is 5.76 Å². The van der Waals surface area contributed by atoms with Crippen LogP contribution < -0.4 is 5.56 Å². The Morgan fingerprint density at radius 3 is 2.95 bits per heavy atom. The molecule has 7 heteroatoms. The molecule has 0 aliphatic carbocycles. The molecule has 0 amide bonds. The Balaban J connectivity index is 2.61. The Labute approximate surface area is 107 Å². The number of nitrogens with zero attached hydrogens (tertiary/aromatic N) is 3. The smallest absolute Gasteiger partial charge is 0.357 e. The number of hydrogen-bond donors (Lipinski definition) is 1. The summed E-state index contributed by atoms with van der Waals surface area (Å²) in [5, 5.41) is 16.7. The third-order valence-electron chi connectivity index (χ3n) is 2.65. The summed E-state index contributed by atoms with van der Waals surface area (Å²) in [4.78, 5) is 23.2. The molecular formula is C12H11N3O4. The molecule has 0 unspecified atom stereocenters. The number of carboxylic acid groups (broad SMARTS) is 1. The Morgan fingerprint density at radius 1 is 1.58 bits per heavy atom. The molecule has 98 valence electrons. The van der Waals surface area contributed by atoms with Crippen LogP contribution in [0.4, 0.5) is 0 Å². The van der Waals surface area contributed by atoms with Gasteiger partial charge in [-0.2, -0.15) is 5.10 Å². The van der Waals surface area contributed by atoms with E-state index in [1.165, 1.54) is 6.92 Å². The molecule has 2 rings (SSSR count). The number of unbranched alkanes of at least 4 members (excludes halogenated alkanes) is 1. The topological polar surface area (TPSA) is 98.2 Å². The lowest BCUT2D eigenvalue weighted by Crippen LogP contribution is -2.26. The van der Waals surface area contributed by atoms with Crippen molar-refractivity contribution in [1.29, 1.82) is 0 Å². The van der Waals surface area contributed by atoms with Crippen molar-refractivity contribution in [3.8, 4) is 12.3 Å². The summed E-state index contributed by atoms with van der Waals surface area (Å²) < 4.78 is 5.93. The minimum absolute atomic E-state index is 0.0226. The van der Waals surface area contributed by atoms with E-state index in [1.54, 1.807) is 0 Å². The van der Waals surface area contributed by atoms with Crippen LogP contribution in [-0.2, 0) is 6.54 Å². The number of carboxylic acids is 1. The Kier molecular flexibility index (Phi) is 3.33. The summed E-state index contributed by atoms with van der Waals surface area (Å²) in [5.41, 5.74) is -0.742. The van der Waals surface area contributed by atoms with E-state index in [0.717, 1.165) is 4.68 Å². The van der Waals surface area contributed by atoms with E-state index in [9.17, 15) is 9.59 Å². The lowest BCUT2D eigenvalue weighted by Gasteiger charge is -2.04. The first kappa shape index (κ1) is 12.8. The molecule has 0 fully saturated rings. The van der Waals surface area contributed by atoms with Crippen LogP contribution in [0.2, 0.25) is 0 Å². The number of fused-ring (bicyclic) bond motifs is 1. The van der Waals surface area contributed by atoms with Gasteiger partial charge < -0.3 is 9.63 Å². The monoisotopic (exact) mass is 261 g/mol. The zero-order valence-electron chi connectivity index (χ0n) is 10.2. The first-order valence-electron chi connectivity index (χ1n) is 5.60. The fourth-order valence-electron chi connectivity index (χ4n) is 1.77. The fraction of sp³-hybridized carbons (Fsp3) is 0.333. The van der Waals surface area contributed by atoms with Gasteiger partial charge in [0.05, 0.1) is 5.39 Å². The molecule has 2 heterocycles. The van der Waals surface area contributed by atoms with Crippen LogP contribution in [0.1, 0.15) is 29.1 Å². The third-order valence-corrected chi connectivity index (χ3v) is 2.65. The highest BCUT2D eigenvalue weighted by Gasteiger charge is 2.21. The minimum atomic E-state index is -1.23. The standard InChI is InChI=1S/C12H11N3O4/c1-3-4-5-6-15-11(16)9-8(7(2)19-14-9)10(13-15)12(17)18/h1H,4-6H2,2H3,(H,17,18). The molecule has 0 aliphatic heterocycles. The van der Waals surface area contributed by atoms with Gasteiger partial charge in [0.2, 0.25) is 0 Å². The highest BCUT2D eigenvalue weighted by molar-refractivity contribution is 6.00. The van der Waals surface area contributed by atoms with Gasteiger partial charge in [-0.1, -0.05) is 5.16 Å². The van der Waals surface area contributed by atoms with Crippen LogP contribution in [0.5, 0.6) is 0 Å². The molecule has 0 bridgehead atoms. The van der Waals surface area contributed by atoms with Crippen LogP contribution in [0, 0.1) is 19.3 Å². The van der Waals surface area contributed by atoms with E-state index < -0.39 is 11.5 Å². The van der Waals surface area contributed by atoms with Crippen molar-refractivity contribution in [3.63, 3.8) is 0 Å². The fourth-order valence-corrected chi connectivity index (χ4v) is 1.77. The lowest BCUT2D eigenvalue weighted by atomic mass is 10.2. The van der Waals surface area contributed by atoms with Crippen LogP contribution in [0.25, 0.3) is 10.9 Å². The maximum absolute atomic E-state index is 12.0. The largest absolute Gasteiger partial charge is 0.476 e. The number of aromatic carboxylic acids is 1. The van der Waals surface area contributed by atoms with Gasteiger partial charge in [-0.25, -0.2) is 9.48 Å². The van der Waals surface area contributed by atoms with Gasteiger partial charge in [-0.3, -0.25) is 4.79 Å². The number of hydrogen-bond acceptors (Lipinski definition) is 5. The van der Waals surface area contributed by atoms with Gasteiger partial charge in [-0.15, -0.1) is 12.3 Å². The minimum Gasteiger partial charge on any atom is -0.476 e. The van der Waals surface area contributed by atoms with E-state index >= 15 is 0 Å². The summed E-state index contributed by atoms with van der Waals surface area (Å²) in [6.07, 6.45) is 6.13. The van der Waals surface area contributed by atoms with Crippen molar-refractivity contribution in [2.24, 2.45) is 0 Å². The molecule has 1 N–H and O–H groups in total. The van der Waals surface area contributed by atoms with E-state index in [4.69, 9.17) is 16.1 Å². The highest BCUT2D eigenvalue weighted by Crippen LogP contribution is 2.17. The number of carbonyl (C=O) groups is 1. The molecule has 7 nitrogen and oxygen atoms in total. The molecule has 0 spiro atoms. The molecule has 2 aromatic heterocycles. The molecule has 0 saturated carbocycles. The van der Waals surface area contributed by atoms with Crippen LogP contribution in [-0.4, -0.2) is 26.0 Å². The summed E-state index contributed by atoms with van der Waals surface area (Å²) in [5.74, 6) is 1.47. The van der Waals surface area contributed by atoms with Crippen molar-refractivity contribution in [3.05, 3.63) is 21.8 Å². The normalized spacial score (nSPS) is 10.5. The molecule has 2 aromatic rings. The first-order chi connectivity index (χ1) is 9.06. The van der Waals surface area contributed by atoms with Gasteiger partial charge in [0.15, 0.2) is 11.2 Å². The van der Waals surface area contributed by atoms with Crippen molar-refractivity contribution in [1.82, 2.24) is 14.9 Å². The van der Waals surface area contributed by atoms with E-state index in [0.29, 0.717) is 12.8 Å². The second kappa shape index (κ2) is 4.94. The molecule has 0 radical (unpaired) electrons. The number of rotatable bonds is 4. The predicted molar refractivity (Wildman–Crippen MR) is 65.8 cm³/mol. The number of aromatic nitrogens is 3. The van der Waals surface area contributed by atoms with E-state index in [-0.39, 0.29) is 28.9 Å². The van der Waals surface area contributed by atoms with Crippen molar-refractivity contribution in [2.45, 2.75) is 26.3 Å². The maximum atomic E-state index is 12.0. The van der Waals surface area contributed by atoms with Crippen LogP contribution in [0.3, 0.4) is 0 Å². The Morgan fingerprint density at radius 2 is 2.32 bits per heavy atom. The van der Waals surface area contributed by atoms with Crippen LogP contribution in [0.15, 0.2) is 9.32 Å². The quantitative estimate of drug-likeness (QED) is 0.645. The number of aryl methyl sites for hydroxylation is 2. The summed E-state index contributed by atoms with van der Waals surface area (Å²) in [7, 11) is 0. The molecule has 0 aliphatic rings. The summed E-state index contributed by atoms with van der Waals surface area (Å²) in [6.45, 7) is 1.77. The molecule has 0 atom stereocenters. The zero-order chi connectivity index (χ0) is 14.0. The summed E-state index contributed by atoms with van der Waals surface area (Å²) in [6, 6.07) is 0. The predicted octanol–water partition coefficient (Wildman–Crippen LogP) is 0.805. The average molecular weight is 261 g/mol. The van der Waals surface area contributed by atoms with Crippen molar-refractivity contribution >= 4 is 16.9 Å². The van der Waals surface area contributed by atoms with Crippen molar-refractivity contribution in [2.75, 3.05) is 0 Å².